The van der Waals surface area contributed by atoms with Gasteiger partial charge >= 0.3 is 0 Å². The van der Waals surface area contributed by atoms with Crippen molar-refractivity contribution in [3.05, 3.63) is 36.3 Å². The lowest BCUT2D eigenvalue weighted by molar-refractivity contribution is 0.0608. The Kier molecular flexibility index (Phi) is 5.77. The van der Waals surface area contributed by atoms with Crippen LogP contribution in [-0.2, 0) is 16.7 Å². The van der Waals surface area contributed by atoms with Crippen molar-refractivity contribution < 1.29 is 4.74 Å². The van der Waals surface area contributed by atoms with Crippen molar-refractivity contribution >= 4 is 5.69 Å². The van der Waals surface area contributed by atoms with Gasteiger partial charge in [-0.25, -0.2) is 4.98 Å². The van der Waals surface area contributed by atoms with Crippen molar-refractivity contribution in [3.63, 3.8) is 0 Å². The summed E-state index contributed by atoms with van der Waals surface area (Å²) in [5, 5.41) is 0. The fraction of sp³-hybridized carbons (Fsp3) is 0.625. The molecule has 3 heterocycles. The zero-order valence-corrected chi connectivity index (χ0v) is 17.8. The standard InChI is InChI=1S/C24H35N3O/c1-24(2,3)23-25-22(18-27(23)17-19-10-14-28-15-11-19)20-8-7-9-21(16-20)26-12-5-4-6-13-26/h7-9,16,18-19H,4-6,10-15,17H2,1-3H3. The van der Waals surface area contributed by atoms with Crippen LogP contribution in [0.2, 0.25) is 0 Å². The van der Waals surface area contributed by atoms with E-state index in [4.69, 9.17) is 9.72 Å². The highest BCUT2D eigenvalue weighted by Gasteiger charge is 2.25. The lowest BCUT2D eigenvalue weighted by Crippen LogP contribution is -2.29. The molecule has 1 aromatic carbocycles. The first kappa shape index (κ1) is 19.5. The summed E-state index contributed by atoms with van der Waals surface area (Å²) in [5.41, 5.74) is 3.72. The molecule has 0 bridgehead atoms. The van der Waals surface area contributed by atoms with Crippen molar-refractivity contribution in [1.29, 1.82) is 0 Å². The minimum atomic E-state index is 0.0356. The van der Waals surface area contributed by atoms with Gasteiger partial charge in [0.05, 0.1) is 5.69 Å². The summed E-state index contributed by atoms with van der Waals surface area (Å²) in [5.74, 6) is 1.88. The molecule has 0 N–H and O–H groups in total. The van der Waals surface area contributed by atoms with Crippen molar-refractivity contribution in [2.75, 3.05) is 31.2 Å². The molecule has 28 heavy (non-hydrogen) atoms. The van der Waals surface area contributed by atoms with E-state index >= 15 is 0 Å². The van der Waals surface area contributed by atoms with Gasteiger partial charge in [0.1, 0.15) is 5.82 Å². The number of hydrogen-bond donors (Lipinski definition) is 0. The first-order valence-electron chi connectivity index (χ1n) is 11.0. The third-order valence-electron chi connectivity index (χ3n) is 6.11. The molecule has 2 saturated heterocycles. The van der Waals surface area contributed by atoms with Crippen molar-refractivity contribution in [2.45, 2.75) is 64.8 Å². The largest absolute Gasteiger partial charge is 0.381 e. The molecule has 0 radical (unpaired) electrons. The molecular weight excluding hydrogens is 346 g/mol. The molecule has 0 saturated carbocycles. The molecule has 1 aromatic heterocycles. The zero-order chi connectivity index (χ0) is 19.6. The topological polar surface area (TPSA) is 30.3 Å². The van der Waals surface area contributed by atoms with Crippen LogP contribution in [0.15, 0.2) is 30.5 Å². The van der Waals surface area contributed by atoms with E-state index in [1.165, 1.54) is 49.4 Å². The normalized spacial score (nSPS) is 19.2. The van der Waals surface area contributed by atoms with Gasteiger partial charge in [0, 0.05) is 55.7 Å². The number of anilines is 1. The molecule has 2 aliphatic heterocycles. The molecule has 0 amide bonds. The second-order valence-electron chi connectivity index (χ2n) is 9.51. The van der Waals surface area contributed by atoms with Gasteiger partial charge in [-0.3, -0.25) is 0 Å². The van der Waals surface area contributed by atoms with Crippen molar-refractivity contribution in [1.82, 2.24) is 9.55 Å². The molecule has 0 spiro atoms. The number of benzene rings is 1. The summed E-state index contributed by atoms with van der Waals surface area (Å²) < 4.78 is 7.97. The average Bonchev–Trinajstić information content (AvgIpc) is 3.14. The van der Waals surface area contributed by atoms with Gasteiger partial charge in [-0.1, -0.05) is 32.9 Å². The second kappa shape index (κ2) is 8.28. The third-order valence-corrected chi connectivity index (χ3v) is 6.11. The molecule has 152 valence electrons. The quantitative estimate of drug-likeness (QED) is 0.723. The molecule has 2 aromatic rings. The molecule has 4 nitrogen and oxygen atoms in total. The van der Waals surface area contributed by atoms with Gasteiger partial charge in [-0.2, -0.15) is 0 Å². The van der Waals surface area contributed by atoms with Crippen LogP contribution in [0.1, 0.15) is 58.7 Å². The molecule has 4 rings (SSSR count). The summed E-state index contributed by atoms with van der Waals surface area (Å²) in [6.07, 6.45) is 8.56. The fourth-order valence-electron chi connectivity index (χ4n) is 4.51. The van der Waals surface area contributed by atoms with Crippen LogP contribution in [0.5, 0.6) is 0 Å². The van der Waals surface area contributed by atoms with Crippen molar-refractivity contribution in [2.24, 2.45) is 5.92 Å². The Balaban J connectivity index is 1.62. The number of hydrogen-bond acceptors (Lipinski definition) is 3. The maximum Gasteiger partial charge on any atom is 0.114 e. The van der Waals surface area contributed by atoms with Crippen LogP contribution in [0.4, 0.5) is 5.69 Å². The summed E-state index contributed by atoms with van der Waals surface area (Å²) >= 11 is 0. The van der Waals surface area contributed by atoms with E-state index in [2.05, 4.69) is 60.7 Å². The lowest BCUT2D eigenvalue weighted by Gasteiger charge is -2.29. The van der Waals surface area contributed by atoms with Crippen LogP contribution in [-0.4, -0.2) is 35.9 Å². The predicted octanol–water partition coefficient (Wildman–Crippen LogP) is 5.26. The number of imidazole rings is 1. The summed E-state index contributed by atoms with van der Waals surface area (Å²) in [7, 11) is 0. The van der Waals surface area contributed by atoms with Gasteiger partial charge in [-0.05, 0) is 50.2 Å². The summed E-state index contributed by atoms with van der Waals surface area (Å²) in [6.45, 7) is 12.0. The van der Waals surface area contributed by atoms with Crippen LogP contribution < -0.4 is 4.90 Å². The Labute approximate surface area is 169 Å². The smallest absolute Gasteiger partial charge is 0.114 e. The fourth-order valence-corrected chi connectivity index (χ4v) is 4.51. The molecule has 0 atom stereocenters. The molecule has 0 unspecified atom stereocenters. The predicted molar refractivity (Wildman–Crippen MR) is 116 cm³/mol. The van der Waals surface area contributed by atoms with Crippen LogP contribution >= 0.6 is 0 Å². The van der Waals surface area contributed by atoms with E-state index in [1.54, 1.807) is 0 Å². The highest BCUT2D eigenvalue weighted by molar-refractivity contribution is 5.65. The molecule has 4 heteroatoms. The van der Waals surface area contributed by atoms with Gasteiger partial charge in [0.15, 0.2) is 0 Å². The number of aromatic nitrogens is 2. The monoisotopic (exact) mass is 381 g/mol. The Morgan fingerprint density at radius 1 is 1.07 bits per heavy atom. The second-order valence-corrected chi connectivity index (χ2v) is 9.51. The van der Waals surface area contributed by atoms with Gasteiger partial charge in [0.25, 0.3) is 0 Å². The van der Waals surface area contributed by atoms with E-state index in [0.29, 0.717) is 5.92 Å². The van der Waals surface area contributed by atoms with E-state index in [1.807, 2.05) is 0 Å². The minimum absolute atomic E-state index is 0.0356. The first-order chi connectivity index (χ1) is 13.5. The highest BCUT2D eigenvalue weighted by Crippen LogP contribution is 2.31. The lowest BCUT2D eigenvalue weighted by atomic mass is 9.94. The van der Waals surface area contributed by atoms with Gasteiger partial charge in [-0.15, -0.1) is 0 Å². The van der Waals surface area contributed by atoms with E-state index in [0.717, 1.165) is 38.3 Å². The van der Waals surface area contributed by atoms with Gasteiger partial charge < -0.3 is 14.2 Å². The minimum Gasteiger partial charge on any atom is -0.381 e. The molecule has 2 fully saturated rings. The maximum absolute atomic E-state index is 5.55. The molecule has 2 aliphatic rings. The van der Waals surface area contributed by atoms with Crippen molar-refractivity contribution in [3.8, 4) is 11.3 Å². The zero-order valence-electron chi connectivity index (χ0n) is 17.8. The Morgan fingerprint density at radius 2 is 1.82 bits per heavy atom. The Morgan fingerprint density at radius 3 is 2.54 bits per heavy atom. The molecule has 0 aliphatic carbocycles. The Bertz CT molecular complexity index is 777. The maximum atomic E-state index is 5.55. The first-order valence-corrected chi connectivity index (χ1v) is 11.0. The van der Waals surface area contributed by atoms with Crippen LogP contribution in [0.3, 0.4) is 0 Å². The SMILES string of the molecule is CC(C)(C)c1nc(-c2cccc(N3CCCCC3)c2)cn1CC1CCOCC1. The molecular formula is C24H35N3O. The van der Waals surface area contributed by atoms with Gasteiger partial charge in [0.2, 0.25) is 0 Å². The van der Waals surface area contributed by atoms with Crippen LogP contribution in [0, 0.1) is 5.92 Å². The number of nitrogens with zero attached hydrogens (tertiary/aromatic N) is 3. The third kappa shape index (κ3) is 4.43. The average molecular weight is 382 g/mol. The number of ether oxygens (including phenoxy) is 1. The Hall–Kier alpha value is -1.81. The number of rotatable bonds is 4. The number of piperidine rings is 1. The van der Waals surface area contributed by atoms with E-state index in [-0.39, 0.29) is 5.41 Å². The summed E-state index contributed by atoms with van der Waals surface area (Å²) in [6, 6.07) is 8.98. The van der Waals surface area contributed by atoms with Crippen LogP contribution in [0.25, 0.3) is 11.3 Å². The van der Waals surface area contributed by atoms with E-state index < -0.39 is 0 Å². The highest BCUT2D eigenvalue weighted by atomic mass is 16.5. The summed E-state index contributed by atoms with van der Waals surface area (Å²) in [4.78, 5) is 7.64. The van der Waals surface area contributed by atoms with E-state index in [9.17, 15) is 0 Å².